The molecule has 0 aliphatic rings. The lowest BCUT2D eigenvalue weighted by Crippen LogP contribution is -2.22. The normalized spacial score (nSPS) is 10.4. The minimum Gasteiger partial charge on any atom is -0.472 e. The molecular weight excluding hydrogens is 256 g/mol. The molecule has 0 radical (unpaired) electrons. The molecular formula is C14H12N4O2. The number of nitrogens with one attached hydrogen (secondary N) is 1. The number of hydrogen-bond acceptors (Lipinski definition) is 4. The second-order valence-electron chi connectivity index (χ2n) is 4.17. The predicted octanol–water partition coefficient (Wildman–Crippen LogP) is 1.79. The third kappa shape index (κ3) is 2.59. The van der Waals surface area contributed by atoms with Crippen LogP contribution in [0, 0.1) is 0 Å². The maximum Gasteiger partial charge on any atom is 0.254 e. The Kier molecular flexibility index (Phi) is 3.28. The number of aromatic nitrogens is 3. The van der Waals surface area contributed by atoms with Crippen LogP contribution in [0.2, 0.25) is 0 Å². The van der Waals surface area contributed by atoms with Gasteiger partial charge < -0.3 is 9.73 Å². The van der Waals surface area contributed by atoms with E-state index in [1.165, 1.54) is 12.5 Å². The third-order valence-electron chi connectivity index (χ3n) is 2.79. The van der Waals surface area contributed by atoms with Gasteiger partial charge in [-0.05, 0) is 29.8 Å². The largest absolute Gasteiger partial charge is 0.472 e. The van der Waals surface area contributed by atoms with Crippen LogP contribution in [-0.4, -0.2) is 20.7 Å². The molecule has 3 aromatic rings. The van der Waals surface area contributed by atoms with Crippen LogP contribution in [0.15, 0.2) is 59.8 Å². The summed E-state index contributed by atoms with van der Waals surface area (Å²) >= 11 is 0. The van der Waals surface area contributed by atoms with E-state index < -0.39 is 0 Å². The van der Waals surface area contributed by atoms with E-state index in [0.29, 0.717) is 17.9 Å². The van der Waals surface area contributed by atoms with Crippen LogP contribution in [-0.2, 0) is 6.54 Å². The minimum absolute atomic E-state index is 0.170. The van der Waals surface area contributed by atoms with Crippen molar-refractivity contribution in [2.75, 3.05) is 0 Å². The van der Waals surface area contributed by atoms with Crippen LogP contribution in [0.4, 0.5) is 0 Å². The summed E-state index contributed by atoms with van der Waals surface area (Å²) < 4.78 is 6.54. The highest BCUT2D eigenvalue weighted by Gasteiger charge is 2.06. The number of rotatable bonds is 4. The summed E-state index contributed by atoms with van der Waals surface area (Å²) in [7, 11) is 0. The van der Waals surface area contributed by atoms with Crippen molar-refractivity contribution in [2.24, 2.45) is 0 Å². The predicted molar refractivity (Wildman–Crippen MR) is 71.2 cm³/mol. The highest BCUT2D eigenvalue weighted by molar-refractivity contribution is 5.93. The van der Waals surface area contributed by atoms with Crippen molar-refractivity contribution in [1.29, 1.82) is 0 Å². The molecule has 0 saturated heterocycles. The van der Waals surface area contributed by atoms with Gasteiger partial charge in [0.15, 0.2) is 5.82 Å². The Labute approximate surface area is 115 Å². The van der Waals surface area contributed by atoms with Crippen molar-refractivity contribution >= 4 is 5.91 Å². The van der Waals surface area contributed by atoms with Crippen molar-refractivity contribution in [1.82, 2.24) is 20.1 Å². The quantitative estimate of drug-likeness (QED) is 0.783. The Balaban J connectivity index is 1.69. The molecule has 0 aromatic carbocycles. The zero-order chi connectivity index (χ0) is 13.8. The van der Waals surface area contributed by atoms with Gasteiger partial charge in [-0.25, -0.2) is 9.67 Å². The highest BCUT2D eigenvalue weighted by Crippen LogP contribution is 2.07. The van der Waals surface area contributed by atoms with E-state index in [-0.39, 0.29) is 5.91 Å². The van der Waals surface area contributed by atoms with Crippen molar-refractivity contribution in [3.05, 3.63) is 66.5 Å². The maximum absolute atomic E-state index is 11.8. The molecule has 0 unspecified atom stereocenters. The molecule has 6 heteroatoms. The summed E-state index contributed by atoms with van der Waals surface area (Å²) in [5.41, 5.74) is 1.45. The average molecular weight is 268 g/mol. The first-order valence-corrected chi connectivity index (χ1v) is 6.08. The molecule has 0 saturated carbocycles. The lowest BCUT2D eigenvalue weighted by Gasteiger charge is -2.06. The van der Waals surface area contributed by atoms with Gasteiger partial charge in [0.1, 0.15) is 6.26 Å². The van der Waals surface area contributed by atoms with Crippen LogP contribution >= 0.6 is 0 Å². The number of furan rings is 1. The van der Waals surface area contributed by atoms with E-state index in [2.05, 4.69) is 15.4 Å². The molecule has 0 aliphatic carbocycles. The van der Waals surface area contributed by atoms with Gasteiger partial charge in [0, 0.05) is 25.1 Å². The highest BCUT2D eigenvalue weighted by atomic mass is 16.3. The van der Waals surface area contributed by atoms with Gasteiger partial charge in [0.25, 0.3) is 5.91 Å². The average Bonchev–Trinajstić information content (AvgIpc) is 3.17. The summed E-state index contributed by atoms with van der Waals surface area (Å²) in [5.74, 6) is 0.543. The molecule has 1 amide bonds. The van der Waals surface area contributed by atoms with Crippen LogP contribution in [0.25, 0.3) is 5.82 Å². The van der Waals surface area contributed by atoms with Crippen LogP contribution in [0.3, 0.4) is 0 Å². The summed E-state index contributed by atoms with van der Waals surface area (Å²) in [6.45, 7) is 0.417. The van der Waals surface area contributed by atoms with Crippen LogP contribution in [0.5, 0.6) is 0 Å². The van der Waals surface area contributed by atoms with E-state index in [1.807, 2.05) is 24.4 Å². The lowest BCUT2D eigenvalue weighted by molar-refractivity contribution is 0.0950. The van der Waals surface area contributed by atoms with Gasteiger partial charge >= 0.3 is 0 Å². The van der Waals surface area contributed by atoms with Crippen LogP contribution in [0.1, 0.15) is 15.9 Å². The van der Waals surface area contributed by atoms with Gasteiger partial charge in [-0.2, -0.15) is 5.10 Å². The Hall–Kier alpha value is -2.89. The van der Waals surface area contributed by atoms with E-state index in [1.54, 1.807) is 23.1 Å². The molecule has 1 N–H and O–H groups in total. The fraction of sp³-hybridized carbons (Fsp3) is 0.0714. The maximum atomic E-state index is 11.8. The second-order valence-corrected chi connectivity index (χ2v) is 4.17. The molecule has 0 aliphatic heterocycles. The first-order chi connectivity index (χ1) is 9.83. The molecule has 100 valence electrons. The number of nitrogens with zero attached hydrogens (tertiary/aromatic N) is 3. The van der Waals surface area contributed by atoms with Gasteiger partial charge in [-0.15, -0.1) is 0 Å². The fourth-order valence-electron chi connectivity index (χ4n) is 1.78. The van der Waals surface area contributed by atoms with E-state index in [4.69, 9.17) is 4.42 Å². The standard InChI is InChI=1S/C14H12N4O2/c19-14(12-3-7-20-10-12)16-9-11-2-5-15-13(8-11)18-6-1-4-17-18/h1-8,10H,9H2,(H,16,19). The lowest BCUT2D eigenvalue weighted by atomic mass is 10.2. The fourth-order valence-corrected chi connectivity index (χ4v) is 1.78. The summed E-state index contributed by atoms with van der Waals surface area (Å²) in [5, 5.41) is 6.94. The van der Waals surface area contributed by atoms with Crippen LogP contribution < -0.4 is 5.32 Å². The second kappa shape index (κ2) is 5.40. The zero-order valence-corrected chi connectivity index (χ0v) is 10.6. The molecule has 0 fully saturated rings. The topological polar surface area (TPSA) is 73.0 Å². The van der Waals surface area contributed by atoms with Crippen molar-refractivity contribution in [2.45, 2.75) is 6.54 Å². The first-order valence-electron chi connectivity index (χ1n) is 6.08. The third-order valence-corrected chi connectivity index (χ3v) is 2.79. The zero-order valence-electron chi connectivity index (χ0n) is 10.6. The van der Waals surface area contributed by atoms with E-state index in [0.717, 1.165) is 5.56 Å². The first kappa shape index (κ1) is 12.2. The van der Waals surface area contributed by atoms with E-state index >= 15 is 0 Å². The SMILES string of the molecule is O=C(NCc1ccnc(-n2cccn2)c1)c1ccoc1. The minimum atomic E-state index is -0.170. The molecule has 0 atom stereocenters. The van der Waals surface area contributed by atoms with Crippen molar-refractivity contribution in [3.63, 3.8) is 0 Å². The number of carbonyl (C=O) groups is 1. The van der Waals surface area contributed by atoms with Gasteiger partial charge in [-0.3, -0.25) is 4.79 Å². The summed E-state index contributed by atoms with van der Waals surface area (Å²) in [6.07, 6.45) is 8.08. The summed E-state index contributed by atoms with van der Waals surface area (Å²) in [6, 6.07) is 7.18. The summed E-state index contributed by atoms with van der Waals surface area (Å²) in [4.78, 5) is 16.0. The monoisotopic (exact) mass is 268 g/mol. The van der Waals surface area contributed by atoms with Gasteiger partial charge in [0.2, 0.25) is 0 Å². The molecule has 3 aromatic heterocycles. The Bertz CT molecular complexity index is 690. The Morgan fingerprint density at radius 3 is 3.05 bits per heavy atom. The Morgan fingerprint density at radius 2 is 2.30 bits per heavy atom. The molecule has 0 spiro atoms. The molecule has 3 rings (SSSR count). The number of amides is 1. The van der Waals surface area contributed by atoms with Gasteiger partial charge in [-0.1, -0.05) is 0 Å². The molecule has 6 nitrogen and oxygen atoms in total. The molecule has 3 heterocycles. The number of hydrogen-bond donors (Lipinski definition) is 1. The van der Waals surface area contributed by atoms with E-state index in [9.17, 15) is 4.79 Å². The van der Waals surface area contributed by atoms with Gasteiger partial charge in [0.05, 0.1) is 11.8 Å². The molecule has 20 heavy (non-hydrogen) atoms. The smallest absolute Gasteiger partial charge is 0.254 e. The Morgan fingerprint density at radius 1 is 1.35 bits per heavy atom. The molecule has 0 bridgehead atoms. The van der Waals surface area contributed by atoms with Crippen molar-refractivity contribution < 1.29 is 9.21 Å². The number of carbonyl (C=O) groups excluding carboxylic acids is 1. The van der Waals surface area contributed by atoms with Crippen molar-refractivity contribution in [3.8, 4) is 5.82 Å². The number of pyridine rings is 1.